The third-order valence-corrected chi connectivity index (χ3v) is 3.76. The van der Waals surface area contributed by atoms with Gasteiger partial charge in [-0.15, -0.1) is 0 Å². The minimum absolute atomic E-state index is 0.148. The highest BCUT2D eigenvalue weighted by atomic mass is 35.5. The van der Waals surface area contributed by atoms with E-state index in [0.717, 1.165) is 27.7 Å². The first kappa shape index (κ1) is 13.7. The van der Waals surface area contributed by atoms with Gasteiger partial charge in [0, 0.05) is 21.6 Å². The Balaban J connectivity index is 1.96. The number of carbonyl (C=O) groups excluding carboxylic acids is 1. The number of hydrogen-bond donors (Lipinski definition) is 2. The summed E-state index contributed by atoms with van der Waals surface area (Å²) in [5.41, 5.74) is 4.27. The number of halogens is 1. The lowest BCUT2D eigenvalue weighted by atomic mass is 10.1. The predicted octanol–water partition coefficient (Wildman–Crippen LogP) is 4.69. The zero-order valence-electron chi connectivity index (χ0n) is 11.8. The van der Waals surface area contributed by atoms with E-state index in [1.165, 1.54) is 0 Å². The number of carbonyl (C=O) groups is 1. The molecular formula is C17H15ClN2O. The molecule has 2 N–H and O–H groups in total. The number of aromatic nitrogens is 1. The summed E-state index contributed by atoms with van der Waals surface area (Å²) in [7, 11) is 0. The largest absolute Gasteiger partial charge is 0.350 e. The SMILES string of the molecule is Cc1cccc(NC(=O)c2[nH]c3ccc(Cl)cc3c2C)c1. The molecule has 4 heteroatoms. The first-order valence-corrected chi connectivity index (χ1v) is 7.08. The van der Waals surface area contributed by atoms with Gasteiger partial charge in [0.05, 0.1) is 0 Å². The maximum Gasteiger partial charge on any atom is 0.272 e. The molecule has 0 radical (unpaired) electrons. The van der Waals surface area contributed by atoms with Crippen LogP contribution in [0.15, 0.2) is 42.5 Å². The summed E-state index contributed by atoms with van der Waals surface area (Å²) in [4.78, 5) is 15.6. The van der Waals surface area contributed by atoms with Crippen molar-refractivity contribution >= 4 is 34.1 Å². The molecule has 0 aliphatic carbocycles. The summed E-state index contributed by atoms with van der Waals surface area (Å²) in [6.45, 7) is 3.91. The molecule has 106 valence electrons. The fourth-order valence-corrected chi connectivity index (χ4v) is 2.61. The van der Waals surface area contributed by atoms with E-state index in [1.807, 2.05) is 56.3 Å². The van der Waals surface area contributed by atoms with Crippen molar-refractivity contribution in [3.8, 4) is 0 Å². The van der Waals surface area contributed by atoms with Gasteiger partial charge in [-0.2, -0.15) is 0 Å². The van der Waals surface area contributed by atoms with Crippen molar-refractivity contribution in [2.24, 2.45) is 0 Å². The van der Waals surface area contributed by atoms with E-state index in [1.54, 1.807) is 0 Å². The lowest BCUT2D eigenvalue weighted by Crippen LogP contribution is -2.13. The minimum Gasteiger partial charge on any atom is -0.350 e. The molecule has 0 aliphatic heterocycles. The number of anilines is 1. The monoisotopic (exact) mass is 298 g/mol. The summed E-state index contributed by atoms with van der Waals surface area (Å²) in [6, 6.07) is 13.3. The van der Waals surface area contributed by atoms with E-state index in [9.17, 15) is 4.79 Å². The number of fused-ring (bicyclic) bond motifs is 1. The second kappa shape index (κ2) is 5.26. The van der Waals surface area contributed by atoms with Gasteiger partial charge < -0.3 is 10.3 Å². The summed E-state index contributed by atoms with van der Waals surface area (Å²) in [6.07, 6.45) is 0. The van der Waals surface area contributed by atoms with E-state index >= 15 is 0 Å². The third kappa shape index (κ3) is 2.65. The molecule has 0 aliphatic rings. The van der Waals surface area contributed by atoms with Crippen LogP contribution in [-0.4, -0.2) is 10.9 Å². The second-order valence-corrected chi connectivity index (χ2v) is 5.57. The Labute approximate surface area is 127 Å². The number of rotatable bonds is 2. The zero-order valence-corrected chi connectivity index (χ0v) is 12.6. The molecule has 0 saturated carbocycles. The molecule has 3 nitrogen and oxygen atoms in total. The highest BCUT2D eigenvalue weighted by molar-refractivity contribution is 6.31. The molecule has 0 fully saturated rings. The van der Waals surface area contributed by atoms with Crippen molar-refractivity contribution in [1.82, 2.24) is 4.98 Å². The fourth-order valence-electron chi connectivity index (χ4n) is 2.44. The van der Waals surface area contributed by atoms with Gasteiger partial charge >= 0.3 is 0 Å². The molecule has 1 aromatic heterocycles. The van der Waals surface area contributed by atoms with E-state index in [4.69, 9.17) is 11.6 Å². The van der Waals surface area contributed by atoms with Gasteiger partial charge in [-0.05, 0) is 55.3 Å². The molecule has 1 amide bonds. The zero-order chi connectivity index (χ0) is 15.0. The molecule has 0 atom stereocenters. The Kier molecular flexibility index (Phi) is 3.43. The number of hydrogen-bond acceptors (Lipinski definition) is 1. The summed E-state index contributed by atoms with van der Waals surface area (Å²) < 4.78 is 0. The van der Waals surface area contributed by atoms with Crippen LogP contribution in [0.5, 0.6) is 0 Å². The van der Waals surface area contributed by atoms with E-state index < -0.39 is 0 Å². The second-order valence-electron chi connectivity index (χ2n) is 5.14. The molecule has 0 bridgehead atoms. The van der Waals surface area contributed by atoms with Crippen molar-refractivity contribution in [3.63, 3.8) is 0 Å². The molecule has 21 heavy (non-hydrogen) atoms. The molecule has 3 rings (SSSR count). The average molecular weight is 299 g/mol. The van der Waals surface area contributed by atoms with Gasteiger partial charge in [0.25, 0.3) is 5.91 Å². The Morgan fingerprint density at radius 3 is 2.71 bits per heavy atom. The van der Waals surface area contributed by atoms with Crippen LogP contribution in [0, 0.1) is 13.8 Å². The summed E-state index contributed by atoms with van der Waals surface area (Å²) >= 11 is 6.01. The van der Waals surface area contributed by atoms with Crippen molar-refractivity contribution in [3.05, 3.63) is 64.3 Å². The highest BCUT2D eigenvalue weighted by Crippen LogP contribution is 2.25. The Bertz CT molecular complexity index is 836. The number of benzene rings is 2. The van der Waals surface area contributed by atoms with Crippen molar-refractivity contribution in [2.45, 2.75) is 13.8 Å². The predicted molar refractivity (Wildman–Crippen MR) is 87.2 cm³/mol. The van der Waals surface area contributed by atoms with E-state index in [-0.39, 0.29) is 5.91 Å². The third-order valence-electron chi connectivity index (χ3n) is 3.52. The Morgan fingerprint density at radius 1 is 1.14 bits per heavy atom. The van der Waals surface area contributed by atoms with Gasteiger partial charge in [-0.25, -0.2) is 0 Å². The molecular weight excluding hydrogens is 284 g/mol. The van der Waals surface area contributed by atoms with Crippen LogP contribution >= 0.6 is 11.6 Å². The number of H-pyrrole nitrogens is 1. The summed E-state index contributed by atoms with van der Waals surface area (Å²) in [5.74, 6) is -0.148. The smallest absolute Gasteiger partial charge is 0.272 e. The quantitative estimate of drug-likeness (QED) is 0.708. The fraction of sp³-hybridized carbons (Fsp3) is 0.118. The van der Waals surface area contributed by atoms with Crippen LogP contribution in [-0.2, 0) is 0 Å². The van der Waals surface area contributed by atoms with Gasteiger partial charge in [0.15, 0.2) is 0 Å². The van der Waals surface area contributed by atoms with Crippen LogP contribution in [0.1, 0.15) is 21.6 Å². The molecule has 0 unspecified atom stereocenters. The number of amides is 1. The first-order valence-electron chi connectivity index (χ1n) is 6.70. The Morgan fingerprint density at radius 2 is 1.95 bits per heavy atom. The van der Waals surface area contributed by atoms with Gasteiger partial charge in [-0.3, -0.25) is 4.79 Å². The topological polar surface area (TPSA) is 44.9 Å². The van der Waals surface area contributed by atoms with Gasteiger partial charge in [0.1, 0.15) is 5.69 Å². The van der Waals surface area contributed by atoms with Gasteiger partial charge in [-0.1, -0.05) is 23.7 Å². The van der Waals surface area contributed by atoms with Gasteiger partial charge in [0.2, 0.25) is 0 Å². The van der Waals surface area contributed by atoms with Crippen molar-refractivity contribution < 1.29 is 4.79 Å². The van der Waals surface area contributed by atoms with Crippen LogP contribution < -0.4 is 5.32 Å². The van der Waals surface area contributed by atoms with E-state index in [0.29, 0.717) is 10.7 Å². The first-order chi connectivity index (χ1) is 10.0. The van der Waals surface area contributed by atoms with Crippen LogP contribution in [0.2, 0.25) is 5.02 Å². The average Bonchev–Trinajstić information content (AvgIpc) is 2.76. The number of aromatic amines is 1. The standard InChI is InChI=1S/C17H15ClN2O/c1-10-4-3-5-13(8-10)19-17(21)16-11(2)14-9-12(18)6-7-15(14)20-16/h3-9,20H,1-2H3,(H,19,21). The van der Waals surface area contributed by atoms with Crippen LogP contribution in [0.25, 0.3) is 10.9 Å². The lowest BCUT2D eigenvalue weighted by Gasteiger charge is -2.05. The minimum atomic E-state index is -0.148. The maximum atomic E-state index is 12.4. The van der Waals surface area contributed by atoms with E-state index in [2.05, 4.69) is 10.3 Å². The molecule has 3 aromatic rings. The van der Waals surface area contributed by atoms with Crippen molar-refractivity contribution in [2.75, 3.05) is 5.32 Å². The number of nitrogens with one attached hydrogen (secondary N) is 2. The number of aryl methyl sites for hydroxylation is 2. The molecule has 0 spiro atoms. The Hall–Kier alpha value is -2.26. The normalized spacial score (nSPS) is 10.8. The molecule has 1 heterocycles. The molecule has 2 aromatic carbocycles. The van der Waals surface area contributed by atoms with Crippen molar-refractivity contribution in [1.29, 1.82) is 0 Å². The highest BCUT2D eigenvalue weighted by Gasteiger charge is 2.15. The van der Waals surface area contributed by atoms with Crippen LogP contribution in [0.4, 0.5) is 5.69 Å². The molecule has 0 saturated heterocycles. The van der Waals surface area contributed by atoms with Crippen LogP contribution in [0.3, 0.4) is 0 Å². The maximum absolute atomic E-state index is 12.4. The summed E-state index contributed by atoms with van der Waals surface area (Å²) in [5, 5.41) is 4.54. The lowest BCUT2D eigenvalue weighted by molar-refractivity contribution is 0.102.